The minimum atomic E-state index is -0.663. The molecule has 5 nitrogen and oxygen atoms in total. The fraction of sp³-hybridized carbons (Fsp3) is 0.944. The van der Waals surface area contributed by atoms with Crippen molar-refractivity contribution in [3.05, 3.63) is 0 Å². The van der Waals surface area contributed by atoms with E-state index in [4.69, 9.17) is 0 Å². The summed E-state index contributed by atoms with van der Waals surface area (Å²) in [6, 6.07) is 0.559. The van der Waals surface area contributed by atoms with Gasteiger partial charge in [-0.3, -0.25) is 4.99 Å². The number of hydrogen-bond acceptors (Lipinski definition) is 3. The maximum atomic E-state index is 10.7. The maximum Gasteiger partial charge on any atom is 0.191 e. The average Bonchev–Trinajstić information content (AvgIpc) is 3.30. The van der Waals surface area contributed by atoms with Crippen LogP contribution in [0.3, 0.4) is 0 Å². The van der Waals surface area contributed by atoms with E-state index in [-0.39, 0.29) is 24.0 Å². The van der Waals surface area contributed by atoms with Crippen molar-refractivity contribution in [2.45, 2.75) is 70.9 Å². The summed E-state index contributed by atoms with van der Waals surface area (Å²) in [5.74, 6) is 1.64. The first kappa shape index (κ1) is 23.9. The van der Waals surface area contributed by atoms with E-state index in [1.165, 1.54) is 12.8 Å². The highest BCUT2D eigenvalue weighted by atomic mass is 127. The first-order valence-electron chi connectivity index (χ1n) is 9.36. The third-order valence-corrected chi connectivity index (χ3v) is 4.61. The molecule has 1 rings (SSSR count). The summed E-state index contributed by atoms with van der Waals surface area (Å²) < 4.78 is 0. The zero-order valence-electron chi connectivity index (χ0n) is 16.3. The number of halogens is 1. The Kier molecular flexibility index (Phi) is 12.3. The predicted octanol–water partition coefficient (Wildman–Crippen LogP) is 2.83. The number of nitrogens with zero attached hydrogens (tertiary/aromatic N) is 2. The van der Waals surface area contributed by atoms with Crippen LogP contribution in [0.2, 0.25) is 0 Å². The van der Waals surface area contributed by atoms with Crippen molar-refractivity contribution >= 4 is 29.9 Å². The van der Waals surface area contributed by atoms with Crippen molar-refractivity contribution in [1.82, 2.24) is 15.5 Å². The molecule has 0 heterocycles. The van der Waals surface area contributed by atoms with Gasteiger partial charge in [-0.25, -0.2) is 0 Å². The van der Waals surface area contributed by atoms with E-state index in [0.717, 1.165) is 50.7 Å². The SMILES string of the molecule is CCCC(O)(CCC)CN=C(NCC)NCC(C1CC1)N(C)C.I. The van der Waals surface area contributed by atoms with Crippen LogP contribution < -0.4 is 10.6 Å². The number of hydrogen-bond donors (Lipinski definition) is 3. The number of aliphatic imine (C=N–C) groups is 1. The fourth-order valence-electron chi connectivity index (χ4n) is 3.23. The largest absolute Gasteiger partial charge is 0.388 e. The van der Waals surface area contributed by atoms with Crippen LogP contribution in [0.25, 0.3) is 0 Å². The molecule has 1 aliphatic rings. The smallest absolute Gasteiger partial charge is 0.191 e. The zero-order chi connectivity index (χ0) is 17.3. The topological polar surface area (TPSA) is 59.9 Å². The van der Waals surface area contributed by atoms with Gasteiger partial charge >= 0.3 is 0 Å². The van der Waals surface area contributed by atoms with Gasteiger partial charge in [0.05, 0.1) is 12.1 Å². The molecule has 24 heavy (non-hydrogen) atoms. The minimum absolute atomic E-state index is 0. The van der Waals surface area contributed by atoms with Gasteiger partial charge in [0.15, 0.2) is 5.96 Å². The van der Waals surface area contributed by atoms with Crippen LogP contribution in [0, 0.1) is 5.92 Å². The summed E-state index contributed by atoms with van der Waals surface area (Å²) in [7, 11) is 4.30. The van der Waals surface area contributed by atoms with Crippen molar-refractivity contribution in [3.8, 4) is 0 Å². The second-order valence-corrected chi connectivity index (χ2v) is 7.17. The van der Waals surface area contributed by atoms with E-state index in [0.29, 0.717) is 12.6 Å². The lowest BCUT2D eigenvalue weighted by molar-refractivity contribution is 0.0306. The number of guanidine groups is 1. The highest BCUT2D eigenvalue weighted by molar-refractivity contribution is 14.0. The molecule has 144 valence electrons. The number of rotatable bonds is 11. The van der Waals surface area contributed by atoms with Crippen LogP contribution in [-0.4, -0.2) is 61.3 Å². The van der Waals surface area contributed by atoms with Crippen LogP contribution in [0.4, 0.5) is 0 Å². The van der Waals surface area contributed by atoms with E-state index in [2.05, 4.69) is 55.4 Å². The molecule has 6 heteroatoms. The highest BCUT2D eigenvalue weighted by Crippen LogP contribution is 2.34. The van der Waals surface area contributed by atoms with Crippen molar-refractivity contribution in [2.24, 2.45) is 10.9 Å². The molecule has 0 amide bonds. The lowest BCUT2D eigenvalue weighted by Crippen LogP contribution is -2.46. The molecule has 0 aromatic rings. The van der Waals surface area contributed by atoms with Gasteiger partial charge in [-0.15, -0.1) is 24.0 Å². The van der Waals surface area contributed by atoms with E-state index in [9.17, 15) is 5.11 Å². The van der Waals surface area contributed by atoms with Crippen LogP contribution >= 0.6 is 24.0 Å². The van der Waals surface area contributed by atoms with Gasteiger partial charge in [-0.1, -0.05) is 26.7 Å². The summed E-state index contributed by atoms with van der Waals surface area (Å²) in [4.78, 5) is 6.96. The molecule has 0 radical (unpaired) electrons. The van der Waals surface area contributed by atoms with Gasteiger partial charge in [-0.2, -0.15) is 0 Å². The predicted molar refractivity (Wildman–Crippen MR) is 114 cm³/mol. The molecule has 0 spiro atoms. The number of likely N-dealkylation sites (N-methyl/N-ethyl adjacent to an activating group) is 1. The molecule has 1 atom stereocenters. The van der Waals surface area contributed by atoms with Gasteiger partial charge < -0.3 is 20.6 Å². The van der Waals surface area contributed by atoms with Crippen LogP contribution in [0.15, 0.2) is 4.99 Å². The maximum absolute atomic E-state index is 10.7. The summed E-state index contributed by atoms with van der Waals surface area (Å²) >= 11 is 0. The summed E-state index contributed by atoms with van der Waals surface area (Å²) in [6.45, 7) is 8.52. The second kappa shape index (κ2) is 12.3. The number of aliphatic hydroxyl groups is 1. The Morgan fingerprint density at radius 1 is 1.17 bits per heavy atom. The fourth-order valence-corrected chi connectivity index (χ4v) is 3.23. The van der Waals surface area contributed by atoms with Gasteiger partial charge in [0.1, 0.15) is 0 Å². The molecule has 3 N–H and O–H groups in total. The molecule has 1 aliphatic carbocycles. The lowest BCUT2D eigenvalue weighted by atomic mass is 9.93. The molecule has 1 fully saturated rings. The third-order valence-electron chi connectivity index (χ3n) is 4.61. The van der Waals surface area contributed by atoms with Gasteiger partial charge in [0, 0.05) is 19.1 Å². The molecule has 0 aromatic carbocycles. The van der Waals surface area contributed by atoms with E-state index < -0.39 is 5.60 Å². The molecular weight excluding hydrogens is 415 g/mol. The first-order chi connectivity index (χ1) is 11.0. The highest BCUT2D eigenvalue weighted by Gasteiger charge is 2.32. The normalized spacial score (nSPS) is 16.7. The average molecular weight is 454 g/mol. The lowest BCUT2D eigenvalue weighted by Gasteiger charge is -2.27. The molecule has 0 bridgehead atoms. The Labute approximate surface area is 166 Å². The van der Waals surface area contributed by atoms with Gasteiger partial charge in [-0.05, 0) is 52.6 Å². The summed E-state index contributed by atoms with van der Waals surface area (Å²) in [5.41, 5.74) is -0.663. The van der Waals surface area contributed by atoms with Gasteiger partial charge in [0.2, 0.25) is 0 Å². The van der Waals surface area contributed by atoms with Gasteiger partial charge in [0.25, 0.3) is 0 Å². The molecule has 0 aliphatic heterocycles. The Morgan fingerprint density at radius 3 is 2.17 bits per heavy atom. The molecule has 0 saturated heterocycles. The molecule has 1 unspecified atom stereocenters. The van der Waals surface area contributed by atoms with Crippen LogP contribution in [0.1, 0.15) is 59.3 Å². The Balaban J connectivity index is 0.00000529. The summed E-state index contributed by atoms with van der Waals surface area (Å²) in [5, 5.41) is 17.5. The van der Waals surface area contributed by atoms with Crippen LogP contribution in [0.5, 0.6) is 0 Å². The molecular formula is C18H39IN4O. The standard InChI is InChI=1S/C18H38N4O.HI/c1-6-11-18(23,12-7-2)14-21-17(19-8-3)20-13-16(22(4)5)15-9-10-15;/h15-16,23H,6-14H2,1-5H3,(H2,19,20,21);1H. The first-order valence-corrected chi connectivity index (χ1v) is 9.36. The monoisotopic (exact) mass is 454 g/mol. The van der Waals surface area contributed by atoms with Crippen molar-refractivity contribution < 1.29 is 5.11 Å². The van der Waals surface area contributed by atoms with Crippen molar-refractivity contribution in [3.63, 3.8) is 0 Å². The van der Waals surface area contributed by atoms with Crippen molar-refractivity contribution in [2.75, 3.05) is 33.7 Å². The molecule has 1 saturated carbocycles. The van der Waals surface area contributed by atoms with E-state index in [1.807, 2.05) is 0 Å². The Hall–Kier alpha value is -0.0800. The van der Waals surface area contributed by atoms with E-state index in [1.54, 1.807) is 0 Å². The number of nitrogens with one attached hydrogen (secondary N) is 2. The Morgan fingerprint density at radius 2 is 1.75 bits per heavy atom. The summed E-state index contributed by atoms with van der Waals surface area (Å²) in [6.07, 6.45) is 6.27. The minimum Gasteiger partial charge on any atom is -0.388 e. The van der Waals surface area contributed by atoms with Crippen LogP contribution in [-0.2, 0) is 0 Å². The zero-order valence-corrected chi connectivity index (χ0v) is 18.6. The third kappa shape index (κ3) is 8.85. The Bertz CT molecular complexity index is 351. The van der Waals surface area contributed by atoms with E-state index >= 15 is 0 Å². The quantitative estimate of drug-likeness (QED) is 0.255. The molecule has 0 aromatic heterocycles. The van der Waals surface area contributed by atoms with Crippen molar-refractivity contribution in [1.29, 1.82) is 0 Å². The second-order valence-electron chi connectivity index (χ2n) is 7.17.